The predicted octanol–water partition coefficient (Wildman–Crippen LogP) is 2.20. The third kappa shape index (κ3) is 6.14. The van der Waals surface area contributed by atoms with Gasteiger partial charge in [-0.2, -0.15) is 5.26 Å². The molecule has 1 amide bonds. The molecular weight excluding hydrogens is 404 g/mol. The number of benzene rings is 2. The molecule has 0 saturated carbocycles. The van der Waals surface area contributed by atoms with Gasteiger partial charge >= 0.3 is 5.97 Å². The molecule has 0 fully saturated rings. The molecule has 1 aliphatic rings. The summed E-state index contributed by atoms with van der Waals surface area (Å²) in [4.78, 5) is 23.8. The van der Waals surface area contributed by atoms with Crippen LogP contribution in [0.1, 0.15) is 11.1 Å². The molecule has 0 atom stereocenters. The monoisotopic (exact) mass is 424 g/mol. The highest BCUT2D eigenvalue weighted by Crippen LogP contribution is 2.32. The molecule has 0 radical (unpaired) electrons. The number of carbonyl (C=O) groups excluding carboxylic acids is 2. The molecule has 9 nitrogen and oxygen atoms in total. The van der Waals surface area contributed by atoms with Gasteiger partial charge in [0.2, 0.25) is 6.79 Å². The van der Waals surface area contributed by atoms with Gasteiger partial charge in [0.05, 0.1) is 7.11 Å². The fourth-order valence-corrected chi connectivity index (χ4v) is 2.67. The number of nitrogens with zero attached hydrogens (tertiary/aromatic N) is 1. The third-order valence-electron chi connectivity index (χ3n) is 4.16. The molecular formula is C22H20N2O7. The highest BCUT2D eigenvalue weighted by Gasteiger charge is 2.13. The Morgan fingerprint density at radius 3 is 2.81 bits per heavy atom. The van der Waals surface area contributed by atoms with Crippen molar-refractivity contribution in [3.8, 4) is 29.1 Å². The van der Waals surface area contributed by atoms with Gasteiger partial charge < -0.3 is 29.0 Å². The van der Waals surface area contributed by atoms with E-state index in [1.54, 1.807) is 30.3 Å². The fourth-order valence-electron chi connectivity index (χ4n) is 2.67. The van der Waals surface area contributed by atoms with Crippen molar-refractivity contribution in [1.29, 1.82) is 5.26 Å². The number of hydrogen-bond acceptors (Lipinski definition) is 8. The van der Waals surface area contributed by atoms with Crippen molar-refractivity contribution in [3.63, 3.8) is 0 Å². The van der Waals surface area contributed by atoms with Gasteiger partial charge in [-0.1, -0.05) is 12.1 Å². The van der Waals surface area contributed by atoms with Gasteiger partial charge in [-0.05, 0) is 41.5 Å². The molecule has 0 aliphatic carbocycles. The maximum Gasteiger partial charge on any atom is 0.331 e. The first-order valence-electron chi connectivity index (χ1n) is 9.27. The number of nitrogens with one attached hydrogen (secondary N) is 1. The Balaban J connectivity index is 1.44. The highest BCUT2D eigenvalue weighted by atomic mass is 16.7. The maximum absolute atomic E-state index is 11.9. The van der Waals surface area contributed by atoms with Crippen LogP contribution in [0.25, 0.3) is 6.08 Å². The summed E-state index contributed by atoms with van der Waals surface area (Å²) in [5.41, 5.74) is 1.49. The summed E-state index contributed by atoms with van der Waals surface area (Å²) < 4.78 is 25.9. The van der Waals surface area contributed by atoms with Crippen molar-refractivity contribution in [2.24, 2.45) is 0 Å². The van der Waals surface area contributed by atoms with Crippen molar-refractivity contribution < 1.29 is 33.3 Å². The summed E-state index contributed by atoms with van der Waals surface area (Å²) in [5, 5.41) is 11.3. The number of rotatable bonds is 9. The van der Waals surface area contributed by atoms with Gasteiger partial charge in [0, 0.05) is 12.6 Å². The lowest BCUT2D eigenvalue weighted by atomic mass is 10.2. The Morgan fingerprint density at radius 2 is 2.00 bits per heavy atom. The molecule has 0 aromatic heterocycles. The van der Waals surface area contributed by atoms with E-state index in [0.717, 1.165) is 5.56 Å². The van der Waals surface area contributed by atoms with E-state index in [-0.39, 0.29) is 19.9 Å². The fraction of sp³-hybridized carbons (Fsp3) is 0.227. The first-order valence-corrected chi connectivity index (χ1v) is 9.27. The Hall–Kier alpha value is -4.19. The number of fused-ring (bicyclic) bond motifs is 1. The van der Waals surface area contributed by atoms with Crippen molar-refractivity contribution in [2.45, 2.75) is 6.54 Å². The van der Waals surface area contributed by atoms with Gasteiger partial charge in [0.25, 0.3) is 5.91 Å². The Kier molecular flexibility index (Phi) is 7.32. The van der Waals surface area contributed by atoms with E-state index in [0.29, 0.717) is 28.6 Å². The largest absolute Gasteiger partial charge is 0.493 e. The molecule has 0 unspecified atom stereocenters. The minimum absolute atomic E-state index is 0.103. The number of amides is 1. The SMILES string of the molecule is COc1cc(C=CC(=O)OCC(=O)NCc2ccc3c(c2)OCO3)ccc1OCC#N. The second-order valence-corrected chi connectivity index (χ2v) is 6.26. The molecule has 31 heavy (non-hydrogen) atoms. The van der Waals surface area contributed by atoms with Crippen LogP contribution >= 0.6 is 0 Å². The van der Waals surface area contributed by atoms with Crippen molar-refractivity contribution >= 4 is 18.0 Å². The van der Waals surface area contributed by atoms with E-state index in [4.69, 9.17) is 28.9 Å². The van der Waals surface area contributed by atoms with E-state index in [1.807, 2.05) is 12.1 Å². The van der Waals surface area contributed by atoms with Crippen LogP contribution in [0, 0.1) is 11.3 Å². The van der Waals surface area contributed by atoms with Gasteiger partial charge in [-0.3, -0.25) is 4.79 Å². The molecule has 1 heterocycles. The third-order valence-corrected chi connectivity index (χ3v) is 4.16. The van der Waals surface area contributed by atoms with Crippen LogP contribution in [-0.2, 0) is 20.9 Å². The molecule has 2 aromatic carbocycles. The van der Waals surface area contributed by atoms with Crippen LogP contribution in [0.5, 0.6) is 23.0 Å². The van der Waals surface area contributed by atoms with E-state index < -0.39 is 18.5 Å². The molecule has 2 aromatic rings. The van der Waals surface area contributed by atoms with Crippen molar-refractivity contribution in [2.75, 3.05) is 27.1 Å². The second-order valence-electron chi connectivity index (χ2n) is 6.26. The van der Waals surface area contributed by atoms with Gasteiger partial charge in [0.15, 0.2) is 36.2 Å². The second kappa shape index (κ2) is 10.5. The molecule has 1 N–H and O–H groups in total. The lowest BCUT2D eigenvalue weighted by Crippen LogP contribution is -2.28. The van der Waals surface area contributed by atoms with Crippen LogP contribution in [0.2, 0.25) is 0 Å². The molecule has 9 heteroatoms. The van der Waals surface area contributed by atoms with Crippen LogP contribution in [0.3, 0.4) is 0 Å². The van der Waals surface area contributed by atoms with Crippen molar-refractivity contribution in [1.82, 2.24) is 5.32 Å². The molecule has 3 rings (SSSR count). The Bertz CT molecular complexity index is 1030. The summed E-state index contributed by atoms with van der Waals surface area (Å²) in [7, 11) is 1.47. The topological polar surface area (TPSA) is 116 Å². The number of nitriles is 1. The molecule has 0 saturated heterocycles. The average Bonchev–Trinajstić information content (AvgIpc) is 3.26. The van der Waals surface area contributed by atoms with Gasteiger partial charge in [0.1, 0.15) is 6.07 Å². The van der Waals surface area contributed by atoms with Gasteiger partial charge in [-0.25, -0.2) is 4.79 Å². The quantitative estimate of drug-likeness (QED) is 0.481. The Morgan fingerprint density at radius 1 is 1.16 bits per heavy atom. The zero-order valence-corrected chi connectivity index (χ0v) is 16.8. The number of esters is 1. The lowest BCUT2D eigenvalue weighted by Gasteiger charge is -2.08. The molecule has 0 spiro atoms. The summed E-state index contributed by atoms with van der Waals surface area (Å²) in [6.45, 7) is -0.0595. The summed E-state index contributed by atoms with van der Waals surface area (Å²) >= 11 is 0. The minimum Gasteiger partial charge on any atom is -0.493 e. The van der Waals surface area contributed by atoms with Crippen LogP contribution in [-0.4, -0.2) is 39.0 Å². The number of ether oxygens (including phenoxy) is 5. The van der Waals surface area contributed by atoms with E-state index in [9.17, 15) is 9.59 Å². The zero-order chi connectivity index (χ0) is 22.1. The van der Waals surface area contributed by atoms with Crippen LogP contribution in [0.15, 0.2) is 42.5 Å². The highest BCUT2D eigenvalue weighted by molar-refractivity contribution is 5.89. The minimum atomic E-state index is -0.665. The number of carbonyl (C=O) groups is 2. The van der Waals surface area contributed by atoms with Crippen LogP contribution in [0.4, 0.5) is 0 Å². The summed E-state index contributed by atoms with van der Waals surface area (Å²) in [6.07, 6.45) is 2.72. The summed E-state index contributed by atoms with van der Waals surface area (Å²) in [6, 6.07) is 12.2. The number of hydrogen-bond donors (Lipinski definition) is 1. The maximum atomic E-state index is 11.9. The normalized spacial score (nSPS) is 11.6. The van der Waals surface area contributed by atoms with Crippen molar-refractivity contribution in [3.05, 3.63) is 53.6 Å². The first-order chi connectivity index (χ1) is 15.1. The number of methoxy groups -OCH3 is 1. The smallest absolute Gasteiger partial charge is 0.331 e. The zero-order valence-electron chi connectivity index (χ0n) is 16.8. The summed E-state index contributed by atoms with van der Waals surface area (Å²) in [5.74, 6) is 1.04. The predicted molar refractivity (Wildman–Crippen MR) is 109 cm³/mol. The Labute approximate surface area is 178 Å². The van der Waals surface area contributed by atoms with E-state index in [1.165, 1.54) is 19.3 Å². The molecule has 0 bridgehead atoms. The molecule has 160 valence electrons. The lowest BCUT2D eigenvalue weighted by molar-refractivity contribution is -0.143. The van der Waals surface area contributed by atoms with E-state index >= 15 is 0 Å². The standard InChI is InChI=1S/C22H20N2O7/c1-27-19-10-15(2-5-17(19)28-9-8-23)4-7-22(26)29-13-21(25)24-12-16-3-6-18-20(11-16)31-14-30-18/h2-7,10-11H,9,12-14H2,1H3,(H,24,25). The molecule has 1 aliphatic heterocycles. The van der Waals surface area contributed by atoms with E-state index in [2.05, 4.69) is 5.32 Å². The first kappa shape index (κ1) is 21.5. The van der Waals surface area contributed by atoms with Gasteiger partial charge in [-0.15, -0.1) is 0 Å². The average molecular weight is 424 g/mol. The van der Waals surface area contributed by atoms with Crippen LogP contribution < -0.4 is 24.3 Å².